The Labute approximate surface area is 242 Å². The molecule has 0 radical (unpaired) electrons. The molecule has 3 aliphatic heterocycles. The van der Waals surface area contributed by atoms with Gasteiger partial charge in [0.25, 0.3) is 5.91 Å². The van der Waals surface area contributed by atoms with Gasteiger partial charge in [-0.3, -0.25) is 14.4 Å². The molecular weight excluding hydrogens is 526 g/mol. The van der Waals surface area contributed by atoms with E-state index in [2.05, 4.69) is 13.2 Å². The van der Waals surface area contributed by atoms with E-state index in [4.69, 9.17) is 4.74 Å². The molecule has 2 unspecified atom stereocenters. The Bertz CT molecular complexity index is 1090. The Morgan fingerprint density at radius 3 is 2.50 bits per heavy atom. The summed E-state index contributed by atoms with van der Waals surface area (Å²) in [6.45, 7) is 11.6. The van der Waals surface area contributed by atoms with Crippen molar-refractivity contribution in [1.29, 1.82) is 0 Å². The molecule has 1 aromatic carbocycles. The zero-order valence-electron chi connectivity index (χ0n) is 23.8. The number of nitrogens with zero attached hydrogens (tertiary/aromatic N) is 3. The van der Waals surface area contributed by atoms with Gasteiger partial charge in [-0.05, 0) is 62.8 Å². The van der Waals surface area contributed by atoms with Crippen molar-refractivity contribution < 1.29 is 24.2 Å². The number of rotatable bonds is 15. The Morgan fingerprint density at radius 2 is 1.88 bits per heavy atom. The van der Waals surface area contributed by atoms with Crippen molar-refractivity contribution in [2.45, 2.75) is 61.5 Å². The van der Waals surface area contributed by atoms with E-state index in [0.717, 1.165) is 25.7 Å². The number of amides is 3. The highest BCUT2D eigenvalue weighted by Crippen LogP contribution is 2.66. The van der Waals surface area contributed by atoms with Crippen molar-refractivity contribution in [2.24, 2.45) is 11.8 Å². The van der Waals surface area contributed by atoms with Crippen LogP contribution >= 0.6 is 11.8 Å². The van der Waals surface area contributed by atoms with Gasteiger partial charge in [0, 0.05) is 43.7 Å². The third-order valence-corrected chi connectivity index (χ3v) is 10.4. The molecule has 9 heteroatoms. The first-order chi connectivity index (χ1) is 19.4. The van der Waals surface area contributed by atoms with Gasteiger partial charge in [0.2, 0.25) is 11.8 Å². The molecule has 5 atom stereocenters. The summed E-state index contributed by atoms with van der Waals surface area (Å²) < 4.78 is 4.66. The molecule has 3 amide bonds. The molecule has 1 N–H and O–H groups in total. The second kappa shape index (κ2) is 13.3. The maximum Gasteiger partial charge on any atom is 0.251 e. The highest BCUT2D eigenvalue weighted by atomic mass is 32.2. The number of thioether (sulfide) groups is 1. The minimum Gasteiger partial charge on any atom is -0.497 e. The van der Waals surface area contributed by atoms with Crippen molar-refractivity contribution in [1.82, 2.24) is 9.80 Å². The van der Waals surface area contributed by atoms with Gasteiger partial charge in [0.15, 0.2) is 0 Å². The maximum absolute atomic E-state index is 14.6. The lowest BCUT2D eigenvalue weighted by Crippen LogP contribution is -2.55. The molecule has 1 aromatic rings. The summed E-state index contributed by atoms with van der Waals surface area (Å²) >= 11 is 1.69. The second-order valence-electron chi connectivity index (χ2n) is 10.9. The van der Waals surface area contributed by atoms with Crippen molar-refractivity contribution in [3.05, 3.63) is 49.6 Å². The smallest absolute Gasteiger partial charge is 0.251 e. The first kappa shape index (κ1) is 30.2. The molecule has 1 spiro atoms. The number of methoxy groups -OCH3 is 1. The number of aliphatic hydroxyl groups is 1. The van der Waals surface area contributed by atoms with E-state index in [-0.39, 0.29) is 29.6 Å². The molecule has 0 saturated carbocycles. The second-order valence-corrected chi connectivity index (χ2v) is 12.5. The summed E-state index contributed by atoms with van der Waals surface area (Å²) in [6.07, 6.45) is 7.89. The number of hydrogen-bond acceptors (Lipinski definition) is 6. The monoisotopic (exact) mass is 569 g/mol. The SMILES string of the molecule is C=CCN(CCC)C(=O)[C@@H]1[C@@H]2CCC3(S2)C(C(=O)N(CC=C)c2ccc(OC)cc2)N(CCCCCO)C(=O)[C@H]13. The van der Waals surface area contributed by atoms with Crippen LogP contribution in [-0.4, -0.2) is 88.6 Å². The van der Waals surface area contributed by atoms with Crippen molar-refractivity contribution >= 4 is 35.2 Å². The number of hydrogen-bond donors (Lipinski definition) is 1. The molecule has 3 saturated heterocycles. The number of likely N-dealkylation sites (tertiary alicyclic amines) is 1. The van der Waals surface area contributed by atoms with Crippen molar-refractivity contribution in [2.75, 3.05) is 44.8 Å². The summed E-state index contributed by atoms with van der Waals surface area (Å²) in [5.41, 5.74) is 0.712. The average molecular weight is 570 g/mol. The van der Waals surface area contributed by atoms with Crippen LogP contribution in [0.3, 0.4) is 0 Å². The predicted octanol–water partition coefficient (Wildman–Crippen LogP) is 3.89. The number of unbranched alkanes of at least 4 members (excludes halogenated alkanes) is 2. The van der Waals surface area contributed by atoms with Crippen LogP contribution in [0.4, 0.5) is 5.69 Å². The van der Waals surface area contributed by atoms with E-state index in [0.29, 0.717) is 50.5 Å². The van der Waals surface area contributed by atoms with Crippen LogP contribution in [-0.2, 0) is 14.4 Å². The fourth-order valence-corrected chi connectivity index (χ4v) is 9.02. The quantitative estimate of drug-likeness (QED) is 0.255. The number of aliphatic hydroxyl groups excluding tert-OH is 1. The third-order valence-electron chi connectivity index (χ3n) is 8.49. The van der Waals surface area contributed by atoms with Crippen LogP contribution < -0.4 is 9.64 Å². The minimum absolute atomic E-state index is 0.00519. The van der Waals surface area contributed by atoms with Gasteiger partial charge in [-0.25, -0.2) is 0 Å². The molecule has 4 rings (SSSR count). The zero-order valence-corrected chi connectivity index (χ0v) is 24.6. The molecule has 3 aliphatic rings. The Morgan fingerprint density at radius 1 is 1.15 bits per heavy atom. The van der Waals surface area contributed by atoms with Crippen LogP contribution in [0.5, 0.6) is 5.75 Å². The Kier molecular flexibility index (Phi) is 10.0. The number of carbonyl (C=O) groups is 3. The van der Waals surface area contributed by atoms with Gasteiger partial charge < -0.3 is 24.5 Å². The lowest BCUT2D eigenvalue weighted by Gasteiger charge is -2.37. The van der Waals surface area contributed by atoms with Crippen LogP contribution in [0.15, 0.2) is 49.6 Å². The van der Waals surface area contributed by atoms with E-state index in [1.165, 1.54) is 0 Å². The van der Waals surface area contributed by atoms with Gasteiger partial charge >= 0.3 is 0 Å². The predicted molar refractivity (Wildman–Crippen MR) is 159 cm³/mol. The number of carbonyl (C=O) groups excluding carboxylic acids is 3. The average Bonchev–Trinajstić information content (AvgIpc) is 3.60. The van der Waals surface area contributed by atoms with E-state index in [1.54, 1.807) is 40.8 Å². The minimum atomic E-state index is -0.673. The number of ether oxygens (including phenoxy) is 1. The van der Waals surface area contributed by atoms with Gasteiger partial charge in [-0.1, -0.05) is 19.1 Å². The topological polar surface area (TPSA) is 90.4 Å². The van der Waals surface area contributed by atoms with Crippen LogP contribution in [0.25, 0.3) is 0 Å². The molecular formula is C31H43N3O5S. The number of benzene rings is 1. The number of fused-ring (bicyclic) bond motifs is 1. The van der Waals surface area contributed by atoms with E-state index in [1.807, 2.05) is 36.1 Å². The van der Waals surface area contributed by atoms with E-state index < -0.39 is 22.6 Å². The fraction of sp³-hybridized carbons (Fsp3) is 0.581. The molecule has 2 bridgehead atoms. The van der Waals surface area contributed by atoms with Gasteiger partial charge in [-0.2, -0.15) is 0 Å². The molecule has 0 aromatic heterocycles. The first-order valence-corrected chi connectivity index (χ1v) is 15.3. The van der Waals surface area contributed by atoms with Crippen LogP contribution in [0.2, 0.25) is 0 Å². The summed E-state index contributed by atoms with van der Waals surface area (Å²) in [5, 5.41) is 9.30. The van der Waals surface area contributed by atoms with Crippen LogP contribution in [0.1, 0.15) is 45.4 Å². The molecule has 3 fully saturated rings. The first-order valence-electron chi connectivity index (χ1n) is 14.4. The summed E-state index contributed by atoms with van der Waals surface area (Å²) in [7, 11) is 1.60. The largest absolute Gasteiger partial charge is 0.497 e. The molecule has 40 heavy (non-hydrogen) atoms. The summed E-state index contributed by atoms with van der Waals surface area (Å²) in [5.74, 6) is -0.492. The lowest BCUT2D eigenvalue weighted by molar-refractivity contribution is -0.143. The van der Waals surface area contributed by atoms with Gasteiger partial charge in [-0.15, -0.1) is 24.9 Å². The molecule has 3 heterocycles. The van der Waals surface area contributed by atoms with E-state index in [9.17, 15) is 19.5 Å². The number of anilines is 1. The molecule has 218 valence electrons. The van der Waals surface area contributed by atoms with Crippen molar-refractivity contribution in [3.8, 4) is 5.75 Å². The zero-order chi connectivity index (χ0) is 28.9. The normalized spacial score (nSPS) is 26.5. The highest BCUT2D eigenvalue weighted by Gasteiger charge is 2.74. The van der Waals surface area contributed by atoms with Gasteiger partial charge in [0.05, 0.1) is 23.7 Å². The lowest BCUT2D eigenvalue weighted by atomic mass is 9.70. The van der Waals surface area contributed by atoms with Crippen LogP contribution in [0, 0.1) is 11.8 Å². The highest BCUT2D eigenvalue weighted by molar-refractivity contribution is 8.02. The summed E-state index contributed by atoms with van der Waals surface area (Å²) in [4.78, 5) is 48.1. The molecule has 0 aliphatic carbocycles. The van der Waals surface area contributed by atoms with E-state index >= 15 is 0 Å². The summed E-state index contributed by atoms with van der Waals surface area (Å²) in [6, 6.07) is 6.66. The Hall–Kier alpha value is -2.78. The van der Waals surface area contributed by atoms with Gasteiger partial charge in [0.1, 0.15) is 11.8 Å². The standard InChI is InChI=1S/C31H43N3O5S/c1-5-17-32(18-6-2)28(36)25-24-15-16-31(40-24)26(25)29(37)34(20-9-8-10-21-35)27(31)30(38)33(19-7-3)22-11-13-23(39-4)14-12-22/h5,7,11-14,24-27,35H,1,3,6,8-10,15-21H2,2,4H3/t24-,25+,26-,27?,31?/m0/s1. The maximum atomic E-state index is 14.6. The molecule has 8 nitrogen and oxygen atoms in total. The fourth-order valence-electron chi connectivity index (χ4n) is 6.81. The Balaban J connectivity index is 1.72. The third kappa shape index (κ3) is 5.42. The van der Waals surface area contributed by atoms with Crippen molar-refractivity contribution in [3.63, 3.8) is 0 Å².